The van der Waals surface area contributed by atoms with Gasteiger partial charge >= 0.3 is 0 Å². The van der Waals surface area contributed by atoms with E-state index < -0.39 is 12.1 Å². The third kappa shape index (κ3) is 5.85. The standard InChI is InChI=1S/C23H27N5O2/c24-13-12-19(25)22(29)28-21(10-8-16-5-2-1-3-6-16)23(30)27-18-9-11-20-17(15-18)7-4-14-26-20/h1-7,9,11,14-15,19,21H,8,10,12-13,24-25H2,(H,27,30)(H,28,29)/t19-,21+/m0/s1. The average molecular weight is 406 g/mol. The van der Waals surface area contributed by atoms with E-state index in [1.807, 2.05) is 54.6 Å². The van der Waals surface area contributed by atoms with Gasteiger partial charge in [-0.25, -0.2) is 0 Å². The predicted octanol–water partition coefficient (Wildman–Crippen LogP) is 1.97. The lowest BCUT2D eigenvalue weighted by Crippen LogP contribution is -2.50. The highest BCUT2D eigenvalue weighted by Crippen LogP contribution is 2.17. The predicted molar refractivity (Wildman–Crippen MR) is 119 cm³/mol. The van der Waals surface area contributed by atoms with E-state index in [0.717, 1.165) is 16.5 Å². The summed E-state index contributed by atoms with van der Waals surface area (Å²) in [5, 5.41) is 6.61. The monoisotopic (exact) mass is 405 g/mol. The first-order chi connectivity index (χ1) is 14.6. The molecule has 156 valence electrons. The molecule has 3 aromatic rings. The highest BCUT2D eigenvalue weighted by atomic mass is 16.2. The Hall–Kier alpha value is -3.29. The number of aromatic nitrogens is 1. The number of hydrogen-bond acceptors (Lipinski definition) is 5. The lowest BCUT2D eigenvalue weighted by Gasteiger charge is -2.21. The number of anilines is 1. The SMILES string of the molecule is NCC[C@H](N)C(=O)N[C@H](CCc1ccccc1)C(=O)Nc1ccc2ncccc2c1. The summed E-state index contributed by atoms with van der Waals surface area (Å²) >= 11 is 0. The van der Waals surface area contributed by atoms with Crippen LogP contribution in [0.5, 0.6) is 0 Å². The van der Waals surface area contributed by atoms with E-state index in [1.165, 1.54) is 0 Å². The van der Waals surface area contributed by atoms with Gasteiger partial charge in [-0.2, -0.15) is 0 Å². The van der Waals surface area contributed by atoms with Crippen LogP contribution in [0.1, 0.15) is 18.4 Å². The van der Waals surface area contributed by atoms with Gasteiger partial charge in [-0.15, -0.1) is 0 Å². The van der Waals surface area contributed by atoms with Crippen molar-refractivity contribution in [2.45, 2.75) is 31.3 Å². The largest absolute Gasteiger partial charge is 0.343 e. The maximum absolute atomic E-state index is 13.0. The molecule has 0 radical (unpaired) electrons. The Bertz CT molecular complexity index is 993. The van der Waals surface area contributed by atoms with E-state index in [2.05, 4.69) is 15.6 Å². The number of hydrogen-bond donors (Lipinski definition) is 4. The Morgan fingerprint density at radius 3 is 2.53 bits per heavy atom. The van der Waals surface area contributed by atoms with E-state index >= 15 is 0 Å². The number of aryl methyl sites for hydroxylation is 1. The molecule has 0 saturated carbocycles. The van der Waals surface area contributed by atoms with Gasteiger partial charge in [0.2, 0.25) is 11.8 Å². The number of amides is 2. The lowest BCUT2D eigenvalue weighted by atomic mass is 10.0. The van der Waals surface area contributed by atoms with Crippen LogP contribution in [-0.2, 0) is 16.0 Å². The quantitative estimate of drug-likeness (QED) is 0.433. The van der Waals surface area contributed by atoms with Crippen LogP contribution in [0.3, 0.4) is 0 Å². The molecule has 2 aromatic carbocycles. The molecule has 3 rings (SSSR count). The third-order valence-corrected chi connectivity index (χ3v) is 4.88. The zero-order chi connectivity index (χ0) is 21.3. The molecule has 1 heterocycles. The van der Waals surface area contributed by atoms with Crippen molar-refractivity contribution < 1.29 is 9.59 Å². The highest BCUT2D eigenvalue weighted by Gasteiger charge is 2.23. The summed E-state index contributed by atoms with van der Waals surface area (Å²) in [6.45, 7) is 0.306. The molecule has 0 bridgehead atoms. The molecule has 2 amide bonds. The van der Waals surface area contributed by atoms with Crippen molar-refractivity contribution in [3.63, 3.8) is 0 Å². The van der Waals surface area contributed by atoms with Crippen molar-refractivity contribution in [3.8, 4) is 0 Å². The zero-order valence-corrected chi connectivity index (χ0v) is 16.8. The summed E-state index contributed by atoms with van der Waals surface area (Å²) in [5.41, 5.74) is 13.9. The number of fused-ring (bicyclic) bond motifs is 1. The number of rotatable bonds is 9. The number of nitrogens with two attached hydrogens (primary N) is 2. The Balaban J connectivity index is 1.72. The Kier molecular flexibility index (Phi) is 7.48. The van der Waals surface area contributed by atoms with Crippen molar-refractivity contribution >= 4 is 28.4 Å². The molecule has 30 heavy (non-hydrogen) atoms. The topological polar surface area (TPSA) is 123 Å². The molecule has 2 atom stereocenters. The first kappa shape index (κ1) is 21.4. The number of carbonyl (C=O) groups is 2. The van der Waals surface area contributed by atoms with Gasteiger partial charge < -0.3 is 22.1 Å². The van der Waals surface area contributed by atoms with Crippen molar-refractivity contribution in [2.24, 2.45) is 11.5 Å². The van der Waals surface area contributed by atoms with E-state index in [-0.39, 0.29) is 11.8 Å². The van der Waals surface area contributed by atoms with Gasteiger partial charge in [0.25, 0.3) is 0 Å². The molecular formula is C23H27N5O2. The molecule has 0 fully saturated rings. The van der Waals surface area contributed by atoms with Crippen LogP contribution in [0.25, 0.3) is 10.9 Å². The minimum atomic E-state index is -0.742. The summed E-state index contributed by atoms with van der Waals surface area (Å²) in [7, 11) is 0. The molecule has 0 aliphatic heterocycles. The van der Waals surface area contributed by atoms with E-state index in [9.17, 15) is 9.59 Å². The molecule has 0 spiro atoms. The number of carbonyl (C=O) groups excluding carboxylic acids is 2. The van der Waals surface area contributed by atoms with E-state index in [0.29, 0.717) is 31.5 Å². The summed E-state index contributed by atoms with van der Waals surface area (Å²) in [6.07, 6.45) is 3.18. The Morgan fingerprint density at radius 1 is 0.967 bits per heavy atom. The van der Waals surface area contributed by atoms with Crippen LogP contribution in [-0.4, -0.2) is 35.4 Å². The van der Waals surface area contributed by atoms with Gasteiger partial charge in [-0.1, -0.05) is 36.4 Å². The third-order valence-electron chi connectivity index (χ3n) is 4.88. The molecule has 7 nitrogen and oxygen atoms in total. The van der Waals surface area contributed by atoms with Crippen molar-refractivity contribution in [1.82, 2.24) is 10.3 Å². The van der Waals surface area contributed by atoms with Crippen molar-refractivity contribution in [1.29, 1.82) is 0 Å². The fourth-order valence-corrected chi connectivity index (χ4v) is 3.20. The second kappa shape index (κ2) is 10.5. The summed E-state index contributed by atoms with van der Waals surface area (Å²) < 4.78 is 0. The average Bonchev–Trinajstić information content (AvgIpc) is 2.77. The van der Waals surface area contributed by atoms with Crippen LogP contribution in [0, 0.1) is 0 Å². The van der Waals surface area contributed by atoms with E-state index in [4.69, 9.17) is 11.5 Å². The van der Waals surface area contributed by atoms with Gasteiger partial charge in [-0.05, 0) is 55.6 Å². The first-order valence-electron chi connectivity index (χ1n) is 10.0. The van der Waals surface area contributed by atoms with Crippen LogP contribution < -0.4 is 22.1 Å². The molecule has 0 aliphatic rings. The lowest BCUT2D eigenvalue weighted by molar-refractivity contribution is -0.127. The number of benzene rings is 2. The molecule has 6 N–H and O–H groups in total. The number of pyridine rings is 1. The summed E-state index contributed by atoms with van der Waals surface area (Å²) in [4.78, 5) is 29.7. The fourth-order valence-electron chi connectivity index (χ4n) is 3.20. The van der Waals surface area contributed by atoms with Crippen molar-refractivity contribution in [2.75, 3.05) is 11.9 Å². The molecule has 0 unspecified atom stereocenters. The fraction of sp³-hybridized carbons (Fsp3) is 0.261. The van der Waals surface area contributed by atoms with Crippen LogP contribution in [0.2, 0.25) is 0 Å². The minimum Gasteiger partial charge on any atom is -0.343 e. The second-order valence-electron chi connectivity index (χ2n) is 7.17. The van der Waals surface area contributed by atoms with Gasteiger partial charge in [0.1, 0.15) is 6.04 Å². The molecule has 0 aliphatic carbocycles. The first-order valence-corrected chi connectivity index (χ1v) is 10.0. The van der Waals surface area contributed by atoms with E-state index in [1.54, 1.807) is 12.3 Å². The smallest absolute Gasteiger partial charge is 0.246 e. The normalized spacial score (nSPS) is 12.9. The molecule has 7 heteroatoms. The molecule has 0 saturated heterocycles. The number of nitrogens with one attached hydrogen (secondary N) is 2. The van der Waals surface area contributed by atoms with Gasteiger partial charge in [-0.3, -0.25) is 14.6 Å². The number of nitrogens with zero attached hydrogens (tertiary/aromatic N) is 1. The highest BCUT2D eigenvalue weighted by molar-refractivity contribution is 5.99. The summed E-state index contributed by atoms with van der Waals surface area (Å²) in [6, 6.07) is 17.6. The van der Waals surface area contributed by atoms with Crippen LogP contribution in [0.4, 0.5) is 5.69 Å². The molecular weight excluding hydrogens is 378 g/mol. The molecule has 1 aromatic heterocycles. The Morgan fingerprint density at radius 2 is 1.77 bits per heavy atom. The van der Waals surface area contributed by atoms with Crippen molar-refractivity contribution in [3.05, 3.63) is 72.4 Å². The van der Waals surface area contributed by atoms with Crippen LogP contribution in [0.15, 0.2) is 66.9 Å². The Labute approximate surface area is 175 Å². The van der Waals surface area contributed by atoms with Crippen LogP contribution >= 0.6 is 0 Å². The summed E-state index contributed by atoms with van der Waals surface area (Å²) in [5.74, 6) is -0.668. The van der Waals surface area contributed by atoms with Gasteiger partial charge in [0, 0.05) is 17.3 Å². The van der Waals surface area contributed by atoms with Gasteiger partial charge in [0.15, 0.2) is 0 Å². The second-order valence-corrected chi connectivity index (χ2v) is 7.17. The minimum absolute atomic E-state index is 0.289. The van der Waals surface area contributed by atoms with Gasteiger partial charge in [0.05, 0.1) is 11.6 Å². The zero-order valence-electron chi connectivity index (χ0n) is 16.8. The maximum Gasteiger partial charge on any atom is 0.246 e. The maximum atomic E-state index is 13.0.